The van der Waals surface area contributed by atoms with Gasteiger partial charge in [0.1, 0.15) is 5.69 Å². The Morgan fingerprint density at radius 1 is 1.19 bits per heavy atom. The van der Waals surface area contributed by atoms with Gasteiger partial charge in [-0.2, -0.15) is 0 Å². The van der Waals surface area contributed by atoms with Crippen LogP contribution < -0.4 is 5.73 Å². The molecule has 2 aromatic carbocycles. The first-order valence-corrected chi connectivity index (χ1v) is 7.51. The maximum absolute atomic E-state index is 6.06. The number of nitrogen functional groups attached to an aromatic ring is 1. The molecule has 0 aliphatic rings. The zero-order valence-electron chi connectivity index (χ0n) is 11.2. The summed E-state index contributed by atoms with van der Waals surface area (Å²) in [6.07, 6.45) is 0. The predicted octanol–water partition coefficient (Wildman–Crippen LogP) is 5.32. The molecule has 0 fully saturated rings. The van der Waals surface area contributed by atoms with Gasteiger partial charge in [0.25, 0.3) is 0 Å². The van der Waals surface area contributed by atoms with Gasteiger partial charge in [0.05, 0.1) is 5.56 Å². The van der Waals surface area contributed by atoms with E-state index in [1.807, 2.05) is 49.4 Å². The summed E-state index contributed by atoms with van der Waals surface area (Å²) in [4.78, 5) is 0. The summed E-state index contributed by atoms with van der Waals surface area (Å²) < 4.78 is 6.14. The third-order valence-electron chi connectivity index (χ3n) is 3.21. The average molecular weight is 364 g/mol. The Hall–Kier alpha value is -1.78. The summed E-state index contributed by atoms with van der Waals surface area (Å²) >= 11 is 9.63. The van der Waals surface area contributed by atoms with Crippen LogP contribution in [-0.4, -0.2) is 5.16 Å². The molecule has 0 aliphatic carbocycles. The topological polar surface area (TPSA) is 52.0 Å². The lowest BCUT2D eigenvalue weighted by atomic mass is 10.0. The standard InChI is InChI=1S/C16H12BrClN2O/c1-9-5-6-12(13(17)7-9)15-14(16(19)21-20-15)10-3-2-4-11(18)8-10/h2-8H,19H2,1H3. The van der Waals surface area contributed by atoms with Crippen molar-refractivity contribution in [3.63, 3.8) is 0 Å². The highest BCUT2D eigenvalue weighted by atomic mass is 79.9. The first kappa shape index (κ1) is 14.2. The highest BCUT2D eigenvalue weighted by molar-refractivity contribution is 9.10. The van der Waals surface area contributed by atoms with Crippen LogP contribution in [0.1, 0.15) is 5.56 Å². The number of hydrogen-bond donors (Lipinski definition) is 1. The normalized spacial score (nSPS) is 10.8. The van der Waals surface area contributed by atoms with Gasteiger partial charge in [0.15, 0.2) is 0 Å². The molecule has 21 heavy (non-hydrogen) atoms. The number of nitrogens with two attached hydrogens (primary N) is 1. The number of anilines is 1. The van der Waals surface area contributed by atoms with Gasteiger partial charge < -0.3 is 10.3 Å². The maximum Gasteiger partial charge on any atom is 0.230 e. The van der Waals surface area contributed by atoms with Crippen LogP contribution in [-0.2, 0) is 0 Å². The fourth-order valence-electron chi connectivity index (χ4n) is 2.22. The SMILES string of the molecule is Cc1ccc(-c2noc(N)c2-c2cccc(Cl)c2)c(Br)c1. The number of aryl methyl sites for hydroxylation is 1. The molecule has 1 heterocycles. The largest absolute Gasteiger partial charge is 0.367 e. The molecule has 2 N–H and O–H groups in total. The van der Waals surface area contributed by atoms with Gasteiger partial charge in [-0.05, 0) is 36.2 Å². The Kier molecular flexibility index (Phi) is 3.74. The average Bonchev–Trinajstić information content (AvgIpc) is 2.80. The number of halogens is 2. The van der Waals surface area contributed by atoms with E-state index in [-0.39, 0.29) is 5.88 Å². The first-order valence-electron chi connectivity index (χ1n) is 6.34. The molecule has 0 radical (unpaired) electrons. The van der Waals surface area contributed by atoms with Crippen molar-refractivity contribution in [3.05, 3.63) is 57.5 Å². The summed E-state index contributed by atoms with van der Waals surface area (Å²) in [5, 5.41) is 4.75. The predicted molar refractivity (Wildman–Crippen MR) is 89.2 cm³/mol. The Morgan fingerprint density at radius 2 is 2.00 bits per heavy atom. The van der Waals surface area contributed by atoms with Crippen LogP contribution in [0.3, 0.4) is 0 Å². The minimum atomic E-state index is 0.278. The van der Waals surface area contributed by atoms with E-state index in [2.05, 4.69) is 21.1 Å². The van der Waals surface area contributed by atoms with Gasteiger partial charge in [0.2, 0.25) is 5.88 Å². The molecule has 0 spiro atoms. The Balaban J connectivity index is 2.22. The summed E-state index contributed by atoms with van der Waals surface area (Å²) in [6, 6.07) is 13.5. The number of rotatable bonds is 2. The summed E-state index contributed by atoms with van der Waals surface area (Å²) in [5.41, 5.74) is 10.4. The highest BCUT2D eigenvalue weighted by Crippen LogP contribution is 2.39. The molecule has 106 valence electrons. The summed E-state index contributed by atoms with van der Waals surface area (Å²) in [6.45, 7) is 2.03. The highest BCUT2D eigenvalue weighted by Gasteiger charge is 2.19. The molecule has 0 saturated carbocycles. The maximum atomic E-state index is 6.06. The minimum Gasteiger partial charge on any atom is -0.367 e. The van der Waals surface area contributed by atoms with E-state index < -0.39 is 0 Å². The zero-order chi connectivity index (χ0) is 15.0. The van der Waals surface area contributed by atoms with Gasteiger partial charge in [0, 0.05) is 15.1 Å². The van der Waals surface area contributed by atoms with Crippen molar-refractivity contribution in [1.82, 2.24) is 5.16 Å². The van der Waals surface area contributed by atoms with Crippen LogP contribution in [0.15, 0.2) is 51.5 Å². The van der Waals surface area contributed by atoms with E-state index in [1.165, 1.54) is 0 Å². The van der Waals surface area contributed by atoms with Gasteiger partial charge in [-0.15, -0.1) is 0 Å². The van der Waals surface area contributed by atoms with Gasteiger partial charge in [-0.25, -0.2) is 0 Å². The Morgan fingerprint density at radius 3 is 2.71 bits per heavy atom. The monoisotopic (exact) mass is 362 g/mol. The lowest BCUT2D eigenvalue weighted by Gasteiger charge is -2.06. The molecular formula is C16H12BrClN2O. The molecule has 0 atom stereocenters. The molecule has 5 heteroatoms. The minimum absolute atomic E-state index is 0.278. The molecule has 0 amide bonds. The van der Waals surface area contributed by atoms with Crippen molar-refractivity contribution in [2.45, 2.75) is 6.92 Å². The number of nitrogens with zero attached hydrogens (tertiary/aromatic N) is 1. The fraction of sp³-hybridized carbons (Fsp3) is 0.0625. The van der Waals surface area contributed by atoms with Crippen LogP contribution in [0.2, 0.25) is 5.02 Å². The van der Waals surface area contributed by atoms with Gasteiger partial charge in [-0.3, -0.25) is 0 Å². The molecular weight excluding hydrogens is 352 g/mol. The third kappa shape index (κ3) is 2.69. The van der Waals surface area contributed by atoms with E-state index >= 15 is 0 Å². The van der Waals surface area contributed by atoms with Crippen molar-refractivity contribution < 1.29 is 4.52 Å². The summed E-state index contributed by atoms with van der Waals surface area (Å²) in [7, 11) is 0. The number of benzene rings is 2. The molecule has 1 aromatic heterocycles. The lowest BCUT2D eigenvalue weighted by Crippen LogP contribution is -1.89. The lowest BCUT2D eigenvalue weighted by molar-refractivity contribution is 0.439. The number of hydrogen-bond acceptors (Lipinski definition) is 3. The Labute approximate surface area is 135 Å². The molecule has 0 unspecified atom stereocenters. The second-order valence-electron chi connectivity index (χ2n) is 4.76. The van der Waals surface area contributed by atoms with Crippen molar-refractivity contribution in [2.24, 2.45) is 0 Å². The Bertz CT molecular complexity index is 814. The number of aromatic nitrogens is 1. The molecule has 3 aromatic rings. The molecule has 0 aliphatic heterocycles. The van der Waals surface area contributed by atoms with Crippen molar-refractivity contribution in [1.29, 1.82) is 0 Å². The van der Waals surface area contributed by atoms with E-state index in [1.54, 1.807) is 0 Å². The van der Waals surface area contributed by atoms with Crippen LogP contribution in [0.25, 0.3) is 22.4 Å². The first-order chi connectivity index (χ1) is 10.1. The van der Waals surface area contributed by atoms with Crippen molar-refractivity contribution in [2.75, 3.05) is 5.73 Å². The van der Waals surface area contributed by atoms with Gasteiger partial charge in [-0.1, -0.05) is 57.0 Å². The zero-order valence-corrected chi connectivity index (χ0v) is 13.6. The summed E-state index contributed by atoms with van der Waals surface area (Å²) in [5.74, 6) is 0.278. The van der Waals surface area contributed by atoms with E-state index in [0.717, 1.165) is 26.7 Å². The molecule has 0 saturated heterocycles. The fourth-order valence-corrected chi connectivity index (χ4v) is 3.09. The van der Waals surface area contributed by atoms with Crippen LogP contribution in [0.4, 0.5) is 5.88 Å². The van der Waals surface area contributed by atoms with E-state index in [9.17, 15) is 0 Å². The molecule has 3 nitrogen and oxygen atoms in total. The van der Waals surface area contributed by atoms with Crippen LogP contribution >= 0.6 is 27.5 Å². The van der Waals surface area contributed by atoms with Crippen LogP contribution in [0, 0.1) is 6.92 Å². The van der Waals surface area contributed by atoms with E-state index in [4.69, 9.17) is 21.9 Å². The quantitative estimate of drug-likeness (QED) is 0.671. The second-order valence-corrected chi connectivity index (χ2v) is 6.05. The smallest absolute Gasteiger partial charge is 0.230 e. The van der Waals surface area contributed by atoms with Gasteiger partial charge >= 0.3 is 0 Å². The van der Waals surface area contributed by atoms with Crippen LogP contribution in [0.5, 0.6) is 0 Å². The van der Waals surface area contributed by atoms with Crippen molar-refractivity contribution >= 4 is 33.4 Å². The molecule has 0 bridgehead atoms. The van der Waals surface area contributed by atoms with Crippen molar-refractivity contribution in [3.8, 4) is 22.4 Å². The third-order valence-corrected chi connectivity index (χ3v) is 4.10. The second kappa shape index (κ2) is 5.54. The molecule has 3 rings (SSSR count). The van der Waals surface area contributed by atoms with E-state index in [0.29, 0.717) is 10.7 Å².